The fourth-order valence-corrected chi connectivity index (χ4v) is 8.64. The van der Waals surface area contributed by atoms with Gasteiger partial charge in [-0.2, -0.15) is 0 Å². The number of rotatable bonds is 2. The Bertz CT molecular complexity index is 1370. The summed E-state index contributed by atoms with van der Waals surface area (Å²) in [5, 5.41) is 3.31. The lowest BCUT2D eigenvalue weighted by Gasteiger charge is -2.58. The van der Waals surface area contributed by atoms with E-state index in [-0.39, 0.29) is 22.9 Å². The van der Waals surface area contributed by atoms with Crippen molar-refractivity contribution < 1.29 is 4.79 Å². The molecule has 2 aromatic rings. The molecule has 5 aliphatic rings. The van der Waals surface area contributed by atoms with Crippen LogP contribution in [0.5, 0.6) is 0 Å². The summed E-state index contributed by atoms with van der Waals surface area (Å²) in [6.45, 7) is 5.60. The van der Waals surface area contributed by atoms with E-state index in [4.69, 9.17) is 4.98 Å². The van der Waals surface area contributed by atoms with E-state index < -0.39 is 0 Å². The zero-order chi connectivity index (χ0) is 25.2. The SMILES string of the molecule is C[C@]12CC[C@H](NC(=O)N3C=CN=CC3)CC1=CCC1C2CC[C@]2(C)C(n3cnc4ccccc43)=CCC12. The molecule has 37 heavy (non-hydrogen) atoms. The quantitative estimate of drug-likeness (QED) is 0.491. The highest BCUT2D eigenvalue weighted by molar-refractivity contribution is 5.81. The topological polar surface area (TPSA) is 62.5 Å². The summed E-state index contributed by atoms with van der Waals surface area (Å²) in [7, 11) is 0. The molecule has 0 bridgehead atoms. The zero-order valence-electron chi connectivity index (χ0n) is 21.9. The number of carbonyl (C=O) groups excluding carboxylic acids is 1. The number of aliphatic imine (C=N–C) groups is 1. The van der Waals surface area contributed by atoms with E-state index >= 15 is 0 Å². The van der Waals surface area contributed by atoms with Crippen LogP contribution in [0.1, 0.15) is 58.8 Å². The lowest BCUT2D eigenvalue weighted by molar-refractivity contribution is -0.0135. The van der Waals surface area contributed by atoms with Crippen LogP contribution in [0.4, 0.5) is 4.79 Å². The van der Waals surface area contributed by atoms with E-state index in [0.29, 0.717) is 12.5 Å². The van der Waals surface area contributed by atoms with Crippen LogP contribution in [-0.4, -0.2) is 39.3 Å². The van der Waals surface area contributed by atoms with Crippen LogP contribution >= 0.6 is 0 Å². The molecule has 0 saturated heterocycles. The molecule has 3 unspecified atom stereocenters. The standard InChI is InChI=1S/C31H37N5O/c1-30-13-11-22(34-29(37)35-17-15-32-16-18-35)19-21(30)7-8-23-24-9-10-28(31(24,2)14-12-25(23)30)36-20-33-26-5-3-4-6-27(26)36/h3-7,10,15-17,20,22-25H,8-9,11-14,18-19H2,1-2H3,(H,34,37)/t22-,23?,24?,25?,30-,31-/m0/s1. The molecule has 4 aliphatic carbocycles. The number of nitrogens with one attached hydrogen (secondary N) is 1. The molecule has 2 fully saturated rings. The number of hydrogen-bond donors (Lipinski definition) is 1. The summed E-state index contributed by atoms with van der Waals surface area (Å²) in [6, 6.07) is 8.73. The van der Waals surface area contributed by atoms with Crippen LogP contribution in [0.25, 0.3) is 16.7 Å². The van der Waals surface area contributed by atoms with Crippen molar-refractivity contribution in [1.29, 1.82) is 0 Å². The number of benzene rings is 1. The number of carbonyl (C=O) groups is 1. The second-order valence-corrected chi connectivity index (χ2v) is 12.3. The Balaban J connectivity index is 1.10. The molecule has 1 aliphatic heterocycles. The van der Waals surface area contributed by atoms with Gasteiger partial charge in [0.05, 0.1) is 17.6 Å². The minimum atomic E-state index is -0.00435. The smallest absolute Gasteiger partial charge is 0.322 e. The van der Waals surface area contributed by atoms with Gasteiger partial charge in [-0.25, -0.2) is 9.78 Å². The van der Waals surface area contributed by atoms with Crippen molar-refractivity contribution in [3.8, 4) is 0 Å². The molecular weight excluding hydrogens is 458 g/mol. The van der Waals surface area contributed by atoms with Crippen molar-refractivity contribution >= 4 is 29.0 Å². The Morgan fingerprint density at radius 2 is 1.92 bits per heavy atom. The van der Waals surface area contributed by atoms with Crippen molar-refractivity contribution in [2.24, 2.45) is 33.6 Å². The maximum Gasteiger partial charge on any atom is 0.322 e. The number of nitrogens with zero attached hydrogens (tertiary/aromatic N) is 4. The number of aromatic nitrogens is 2. The van der Waals surface area contributed by atoms with Crippen LogP contribution in [0.3, 0.4) is 0 Å². The van der Waals surface area contributed by atoms with Gasteiger partial charge in [-0.15, -0.1) is 0 Å². The predicted molar refractivity (Wildman–Crippen MR) is 148 cm³/mol. The highest BCUT2D eigenvalue weighted by Crippen LogP contribution is 2.65. The molecule has 1 N–H and O–H groups in total. The largest absolute Gasteiger partial charge is 0.335 e. The van der Waals surface area contributed by atoms with Gasteiger partial charge in [0.15, 0.2) is 0 Å². The van der Waals surface area contributed by atoms with Gasteiger partial charge in [-0.3, -0.25) is 9.89 Å². The Labute approximate surface area is 219 Å². The first-order chi connectivity index (χ1) is 18.0. The average molecular weight is 496 g/mol. The summed E-state index contributed by atoms with van der Waals surface area (Å²) in [4.78, 5) is 23.3. The average Bonchev–Trinajstić information content (AvgIpc) is 3.49. The van der Waals surface area contributed by atoms with Gasteiger partial charge in [0, 0.05) is 35.8 Å². The zero-order valence-corrected chi connectivity index (χ0v) is 21.9. The Morgan fingerprint density at radius 3 is 2.78 bits per heavy atom. The van der Waals surface area contributed by atoms with Gasteiger partial charge in [0.25, 0.3) is 0 Å². The molecular formula is C31H37N5O. The molecule has 0 spiro atoms. The molecule has 0 radical (unpaired) electrons. The number of amides is 2. The molecule has 6 heteroatoms. The Hall–Kier alpha value is -3.15. The summed E-state index contributed by atoms with van der Waals surface area (Å²) in [5.41, 5.74) is 5.82. The fourth-order valence-electron chi connectivity index (χ4n) is 8.64. The molecule has 1 aromatic carbocycles. The Morgan fingerprint density at radius 1 is 1.05 bits per heavy atom. The van der Waals surface area contributed by atoms with Crippen LogP contribution in [0, 0.1) is 28.6 Å². The monoisotopic (exact) mass is 495 g/mol. The predicted octanol–water partition coefficient (Wildman–Crippen LogP) is 6.39. The first kappa shape index (κ1) is 23.0. The fraction of sp³-hybridized carbons (Fsp3) is 0.516. The minimum absolute atomic E-state index is 0.00435. The summed E-state index contributed by atoms with van der Waals surface area (Å²) >= 11 is 0. The summed E-state index contributed by atoms with van der Waals surface area (Å²) in [5.74, 6) is 2.14. The number of imidazole rings is 1. The highest BCUT2D eigenvalue weighted by atomic mass is 16.2. The summed E-state index contributed by atoms with van der Waals surface area (Å²) < 4.78 is 2.37. The second kappa shape index (κ2) is 8.44. The number of fused-ring (bicyclic) bond motifs is 6. The van der Waals surface area contributed by atoms with E-state index in [1.165, 1.54) is 36.9 Å². The van der Waals surface area contributed by atoms with E-state index in [1.807, 2.05) is 6.33 Å². The van der Waals surface area contributed by atoms with Crippen molar-refractivity contribution in [1.82, 2.24) is 19.8 Å². The first-order valence-electron chi connectivity index (χ1n) is 14.1. The number of para-hydroxylation sites is 2. The van der Waals surface area contributed by atoms with E-state index in [9.17, 15) is 4.79 Å². The molecule has 2 heterocycles. The van der Waals surface area contributed by atoms with Gasteiger partial charge in [-0.05, 0) is 80.2 Å². The van der Waals surface area contributed by atoms with Gasteiger partial charge in [-0.1, -0.05) is 43.7 Å². The van der Waals surface area contributed by atoms with E-state index in [0.717, 1.165) is 36.6 Å². The van der Waals surface area contributed by atoms with Crippen molar-refractivity contribution in [2.45, 2.75) is 64.8 Å². The van der Waals surface area contributed by atoms with Gasteiger partial charge >= 0.3 is 6.03 Å². The maximum absolute atomic E-state index is 12.8. The van der Waals surface area contributed by atoms with Crippen molar-refractivity contribution in [3.05, 3.63) is 60.7 Å². The molecule has 6 nitrogen and oxygen atoms in total. The number of allylic oxidation sites excluding steroid dienone is 3. The van der Waals surface area contributed by atoms with Crippen LogP contribution in [0.15, 0.2) is 65.7 Å². The van der Waals surface area contributed by atoms with E-state index in [2.05, 4.69) is 65.1 Å². The van der Waals surface area contributed by atoms with Crippen molar-refractivity contribution in [2.75, 3.05) is 6.54 Å². The second-order valence-electron chi connectivity index (χ2n) is 12.3. The maximum atomic E-state index is 12.8. The normalized spacial score (nSPS) is 36.4. The minimum Gasteiger partial charge on any atom is -0.335 e. The number of urea groups is 1. The summed E-state index contributed by atoms with van der Waals surface area (Å²) in [6.07, 6.45) is 20.4. The molecule has 1 aromatic heterocycles. The van der Waals surface area contributed by atoms with Crippen LogP contribution < -0.4 is 5.32 Å². The third kappa shape index (κ3) is 3.48. The van der Waals surface area contributed by atoms with Crippen molar-refractivity contribution in [3.63, 3.8) is 0 Å². The van der Waals surface area contributed by atoms with Gasteiger partial charge < -0.3 is 9.88 Å². The number of hydrogen-bond acceptors (Lipinski definition) is 3. The van der Waals surface area contributed by atoms with E-state index in [1.54, 1.807) is 29.1 Å². The van der Waals surface area contributed by atoms with Crippen LogP contribution in [-0.2, 0) is 0 Å². The molecule has 6 atom stereocenters. The third-order valence-corrected chi connectivity index (χ3v) is 10.7. The molecule has 2 amide bonds. The molecule has 7 rings (SSSR count). The lowest BCUT2D eigenvalue weighted by atomic mass is 9.47. The van der Waals surface area contributed by atoms with Gasteiger partial charge in [0.1, 0.15) is 6.33 Å². The molecule has 2 saturated carbocycles. The first-order valence-corrected chi connectivity index (χ1v) is 14.1. The Kier molecular flexibility index (Phi) is 5.24. The highest BCUT2D eigenvalue weighted by Gasteiger charge is 2.57. The van der Waals surface area contributed by atoms with Gasteiger partial charge in [0.2, 0.25) is 0 Å². The van der Waals surface area contributed by atoms with Crippen LogP contribution in [0.2, 0.25) is 0 Å². The third-order valence-electron chi connectivity index (χ3n) is 10.7. The molecule has 192 valence electrons. The lowest BCUT2D eigenvalue weighted by Crippen LogP contribution is -2.52.